The summed E-state index contributed by atoms with van der Waals surface area (Å²) in [6, 6.07) is 15.2. The smallest absolute Gasteiger partial charge is 0.227 e. The highest BCUT2D eigenvalue weighted by molar-refractivity contribution is 6.01. The van der Waals surface area contributed by atoms with Gasteiger partial charge in [0.2, 0.25) is 11.8 Å². The Labute approximate surface area is 277 Å². The van der Waals surface area contributed by atoms with Crippen LogP contribution in [0.5, 0.6) is 0 Å². The summed E-state index contributed by atoms with van der Waals surface area (Å²) >= 11 is 0. The summed E-state index contributed by atoms with van der Waals surface area (Å²) < 4.78 is 12.8. The van der Waals surface area contributed by atoms with Crippen molar-refractivity contribution in [1.29, 1.82) is 0 Å². The van der Waals surface area contributed by atoms with Crippen LogP contribution in [0.1, 0.15) is 78.0 Å². The Morgan fingerprint density at radius 3 is 2.38 bits per heavy atom. The summed E-state index contributed by atoms with van der Waals surface area (Å²) in [5, 5.41) is 22.9. The number of aliphatic hydroxyl groups excluding tert-OH is 1. The normalized spacial score (nSPS) is 13.0. The largest absolute Gasteiger partial charge is 0.381 e. The molecule has 1 aromatic heterocycles. The molecule has 0 bridgehead atoms. The highest BCUT2D eigenvalue weighted by atomic mass is 16.5. The number of rotatable bonds is 18. The van der Waals surface area contributed by atoms with Gasteiger partial charge in [-0.05, 0) is 36.8 Å². The van der Waals surface area contributed by atoms with Crippen molar-refractivity contribution in [1.82, 2.24) is 20.3 Å². The van der Waals surface area contributed by atoms with Gasteiger partial charge in [-0.15, -0.1) is 5.10 Å². The maximum absolute atomic E-state index is 13.7. The number of aliphatic hydroxyl groups is 1. The SMILES string of the molecule is CC(C)CCCOCC(O)n1nnc2c1-c1ccccc1CN(C(=O)CCC(=O)NCCCOCCC(=O)C(C)C)c1ccccc1-2. The van der Waals surface area contributed by atoms with E-state index in [9.17, 15) is 19.5 Å². The molecule has 254 valence electrons. The molecule has 0 saturated carbocycles. The first-order chi connectivity index (χ1) is 22.7. The van der Waals surface area contributed by atoms with Crippen molar-refractivity contribution in [2.75, 3.05) is 37.9 Å². The molecule has 47 heavy (non-hydrogen) atoms. The summed E-state index contributed by atoms with van der Waals surface area (Å²) in [5.74, 6) is 0.372. The quantitative estimate of drug-likeness (QED) is 0.177. The number of amides is 2. The van der Waals surface area contributed by atoms with Crippen LogP contribution < -0.4 is 10.2 Å². The number of fused-ring (bicyclic) bond motifs is 5. The molecular weight excluding hydrogens is 598 g/mol. The van der Waals surface area contributed by atoms with Crippen LogP contribution in [-0.4, -0.2) is 70.7 Å². The number of anilines is 1. The van der Waals surface area contributed by atoms with Crippen LogP contribution >= 0.6 is 0 Å². The van der Waals surface area contributed by atoms with Gasteiger partial charge < -0.3 is 24.8 Å². The lowest BCUT2D eigenvalue weighted by Gasteiger charge is -2.29. The Hall–Kier alpha value is -3.93. The highest BCUT2D eigenvalue weighted by Crippen LogP contribution is 2.41. The lowest BCUT2D eigenvalue weighted by Crippen LogP contribution is -2.33. The average molecular weight is 648 g/mol. The van der Waals surface area contributed by atoms with Crippen molar-refractivity contribution >= 4 is 23.3 Å². The Kier molecular flexibility index (Phi) is 13.6. The van der Waals surface area contributed by atoms with Crippen molar-refractivity contribution in [3.63, 3.8) is 0 Å². The van der Waals surface area contributed by atoms with Gasteiger partial charge in [0, 0.05) is 56.1 Å². The molecular formula is C36H49N5O6. The average Bonchev–Trinajstić information content (AvgIpc) is 3.49. The maximum Gasteiger partial charge on any atom is 0.227 e. The van der Waals surface area contributed by atoms with E-state index in [2.05, 4.69) is 29.5 Å². The predicted molar refractivity (Wildman–Crippen MR) is 180 cm³/mol. The number of hydrogen-bond acceptors (Lipinski definition) is 8. The summed E-state index contributed by atoms with van der Waals surface area (Å²) in [7, 11) is 0. The summed E-state index contributed by atoms with van der Waals surface area (Å²) in [5.41, 5.74) is 4.26. The fourth-order valence-corrected chi connectivity index (χ4v) is 5.47. The van der Waals surface area contributed by atoms with Gasteiger partial charge in [0.1, 0.15) is 17.2 Å². The Morgan fingerprint density at radius 2 is 1.62 bits per heavy atom. The predicted octanol–water partition coefficient (Wildman–Crippen LogP) is 5.32. The van der Waals surface area contributed by atoms with Crippen LogP contribution in [0.15, 0.2) is 48.5 Å². The Bertz CT molecular complexity index is 1490. The van der Waals surface area contributed by atoms with Crippen molar-refractivity contribution < 1.29 is 29.0 Å². The maximum atomic E-state index is 13.7. The van der Waals surface area contributed by atoms with E-state index in [1.165, 1.54) is 4.68 Å². The first kappa shape index (κ1) is 35.9. The molecule has 11 heteroatoms. The minimum atomic E-state index is -1.04. The van der Waals surface area contributed by atoms with Crippen molar-refractivity contribution in [2.24, 2.45) is 11.8 Å². The van der Waals surface area contributed by atoms with Crippen LogP contribution in [-0.2, 0) is 30.4 Å². The lowest BCUT2D eigenvalue weighted by atomic mass is 9.95. The monoisotopic (exact) mass is 647 g/mol. The fourth-order valence-electron chi connectivity index (χ4n) is 5.47. The van der Waals surface area contributed by atoms with E-state index in [1.54, 1.807) is 4.90 Å². The van der Waals surface area contributed by atoms with Crippen LogP contribution in [0.25, 0.3) is 22.5 Å². The number of para-hydroxylation sites is 1. The number of aromatic nitrogens is 3. The molecule has 2 amide bonds. The first-order valence-electron chi connectivity index (χ1n) is 16.7. The van der Waals surface area contributed by atoms with E-state index < -0.39 is 6.23 Å². The van der Waals surface area contributed by atoms with E-state index in [0.717, 1.165) is 24.0 Å². The third-order valence-electron chi connectivity index (χ3n) is 8.16. The number of nitrogens with one attached hydrogen (secondary N) is 1. The number of carbonyl (C=O) groups is 3. The fraction of sp³-hybridized carbons (Fsp3) is 0.528. The van der Waals surface area contributed by atoms with Gasteiger partial charge in [0.15, 0.2) is 6.23 Å². The molecule has 11 nitrogen and oxygen atoms in total. The molecule has 2 heterocycles. The zero-order valence-electron chi connectivity index (χ0n) is 28.1. The minimum Gasteiger partial charge on any atom is -0.381 e. The number of Topliss-reactive ketones (excluding diaryl/α,β-unsaturated/α-hetero) is 1. The topological polar surface area (TPSA) is 136 Å². The van der Waals surface area contributed by atoms with Gasteiger partial charge >= 0.3 is 0 Å². The number of carbonyl (C=O) groups excluding carboxylic acids is 3. The van der Waals surface area contributed by atoms with E-state index in [4.69, 9.17) is 9.47 Å². The van der Waals surface area contributed by atoms with Gasteiger partial charge in [-0.3, -0.25) is 14.4 Å². The number of hydrogen-bond donors (Lipinski definition) is 2. The van der Waals surface area contributed by atoms with Crippen LogP contribution in [0.4, 0.5) is 5.69 Å². The number of nitrogens with zero attached hydrogens (tertiary/aromatic N) is 4. The number of ether oxygens (including phenoxy) is 2. The van der Waals surface area contributed by atoms with E-state index in [0.29, 0.717) is 67.8 Å². The van der Waals surface area contributed by atoms with E-state index in [-0.39, 0.29) is 49.5 Å². The van der Waals surface area contributed by atoms with Crippen LogP contribution in [0.3, 0.4) is 0 Å². The summed E-state index contributed by atoms with van der Waals surface area (Å²) in [6.07, 6.45) is 2.02. The third kappa shape index (κ3) is 10.0. The van der Waals surface area contributed by atoms with Gasteiger partial charge in [-0.25, -0.2) is 4.68 Å². The summed E-state index contributed by atoms with van der Waals surface area (Å²) in [6.45, 7) is 10.3. The van der Waals surface area contributed by atoms with Crippen molar-refractivity contribution in [3.8, 4) is 22.5 Å². The molecule has 0 aliphatic carbocycles. The molecule has 1 unspecified atom stereocenters. The molecule has 1 atom stereocenters. The molecule has 1 aliphatic rings. The van der Waals surface area contributed by atoms with Crippen molar-refractivity contribution in [3.05, 3.63) is 54.1 Å². The zero-order valence-corrected chi connectivity index (χ0v) is 28.1. The zero-order chi connectivity index (χ0) is 33.8. The second-order valence-corrected chi connectivity index (χ2v) is 12.7. The van der Waals surface area contributed by atoms with Gasteiger partial charge in [-0.1, -0.05) is 75.4 Å². The lowest BCUT2D eigenvalue weighted by molar-refractivity contribution is -0.125. The Morgan fingerprint density at radius 1 is 0.894 bits per heavy atom. The van der Waals surface area contributed by atoms with Crippen molar-refractivity contribution in [2.45, 2.75) is 79.0 Å². The molecule has 2 aromatic carbocycles. The van der Waals surface area contributed by atoms with Gasteiger partial charge in [0.05, 0.1) is 25.4 Å². The van der Waals surface area contributed by atoms with Gasteiger partial charge in [0.25, 0.3) is 0 Å². The number of benzene rings is 2. The molecule has 1 aliphatic heterocycles. The molecule has 4 rings (SSSR count). The summed E-state index contributed by atoms with van der Waals surface area (Å²) in [4.78, 5) is 39.7. The molecule has 3 aromatic rings. The van der Waals surface area contributed by atoms with Gasteiger partial charge in [-0.2, -0.15) is 0 Å². The van der Waals surface area contributed by atoms with Crippen LogP contribution in [0.2, 0.25) is 0 Å². The molecule has 0 spiro atoms. The molecule has 0 fully saturated rings. The highest BCUT2D eigenvalue weighted by Gasteiger charge is 2.30. The van der Waals surface area contributed by atoms with E-state index in [1.807, 2.05) is 62.4 Å². The standard InChI is InChI=1S/C36H49N5O6/c1-25(2)11-9-20-47-24-34(45)41-36-28-13-6-5-12-27(28)23-40(30-15-8-7-14-29(30)35(36)38-39-41)33(44)17-16-32(43)37-19-10-21-46-22-18-31(42)26(3)4/h5-8,12-15,25-26,34,45H,9-11,16-24H2,1-4H3,(H,37,43). The Balaban J connectivity index is 1.42. The minimum absolute atomic E-state index is 0.00396. The first-order valence-corrected chi connectivity index (χ1v) is 16.7. The second kappa shape index (κ2) is 17.8. The number of ketones is 1. The second-order valence-electron chi connectivity index (χ2n) is 12.7. The third-order valence-corrected chi connectivity index (χ3v) is 8.16. The molecule has 0 radical (unpaired) electrons. The molecule has 0 saturated heterocycles. The molecule has 2 N–H and O–H groups in total. The van der Waals surface area contributed by atoms with E-state index >= 15 is 0 Å². The van der Waals surface area contributed by atoms with Crippen LogP contribution in [0, 0.1) is 11.8 Å².